The van der Waals surface area contributed by atoms with E-state index in [-0.39, 0.29) is 5.75 Å². The second kappa shape index (κ2) is 5.37. The highest BCUT2D eigenvalue weighted by Crippen LogP contribution is 2.12. The quantitative estimate of drug-likeness (QED) is 0.813. The van der Waals surface area contributed by atoms with Crippen molar-refractivity contribution in [2.24, 2.45) is 0 Å². The van der Waals surface area contributed by atoms with E-state index in [1.54, 1.807) is 24.3 Å². The lowest BCUT2D eigenvalue weighted by molar-refractivity contribution is 0.600. The fraction of sp³-hybridized carbons (Fsp3) is 0.400. The molecular weight excluding hydrogens is 234 g/mol. The van der Waals surface area contributed by atoms with Crippen molar-refractivity contribution in [3.63, 3.8) is 0 Å². The Balaban J connectivity index is 2.73. The number of nitrogens with one attached hydrogen (secondary N) is 1. The molecule has 84 valence electrons. The van der Waals surface area contributed by atoms with Gasteiger partial charge in [-0.2, -0.15) is 0 Å². The van der Waals surface area contributed by atoms with Crippen LogP contribution >= 0.6 is 11.6 Å². The van der Waals surface area contributed by atoms with Gasteiger partial charge < -0.3 is 0 Å². The summed E-state index contributed by atoms with van der Waals surface area (Å²) in [4.78, 5) is 0. The van der Waals surface area contributed by atoms with E-state index in [1.165, 1.54) is 0 Å². The number of alkyl halides is 1. The number of anilines is 1. The standard InChI is InChI=1S/C10H14ClNO2S/c1-2-7-15(13,14)12-10-5-3-9(8-11)4-6-10/h3-6,12H,2,7-8H2,1H3. The fourth-order valence-electron chi connectivity index (χ4n) is 1.16. The summed E-state index contributed by atoms with van der Waals surface area (Å²) in [5, 5.41) is 0. The second-order valence-corrected chi connectivity index (χ2v) is 5.36. The van der Waals surface area contributed by atoms with E-state index in [0.29, 0.717) is 18.0 Å². The van der Waals surface area contributed by atoms with Crippen LogP contribution in [0, 0.1) is 0 Å². The summed E-state index contributed by atoms with van der Waals surface area (Å²) in [6.07, 6.45) is 0.606. The predicted octanol–water partition coefficient (Wildman–Crippen LogP) is 2.58. The molecule has 1 aromatic rings. The Labute approximate surface area is 95.5 Å². The molecule has 0 saturated heterocycles. The maximum atomic E-state index is 11.4. The Morgan fingerprint density at radius 3 is 2.33 bits per heavy atom. The first-order chi connectivity index (χ1) is 7.07. The van der Waals surface area contributed by atoms with Gasteiger partial charge in [0.15, 0.2) is 0 Å². The molecule has 1 aromatic carbocycles. The van der Waals surface area contributed by atoms with Crippen LogP contribution in [0.25, 0.3) is 0 Å². The van der Waals surface area contributed by atoms with Crippen molar-refractivity contribution in [2.45, 2.75) is 19.2 Å². The molecule has 0 aromatic heterocycles. The van der Waals surface area contributed by atoms with Gasteiger partial charge in [0.2, 0.25) is 10.0 Å². The van der Waals surface area contributed by atoms with Gasteiger partial charge in [0.25, 0.3) is 0 Å². The van der Waals surface area contributed by atoms with Crippen LogP contribution < -0.4 is 4.72 Å². The normalized spacial score (nSPS) is 11.3. The summed E-state index contributed by atoms with van der Waals surface area (Å²) in [6.45, 7) is 1.83. The van der Waals surface area contributed by atoms with Gasteiger partial charge in [-0.25, -0.2) is 8.42 Å². The minimum Gasteiger partial charge on any atom is -0.284 e. The van der Waals surface area contributed by atoms with Crippen LogP contribution in [-0.2, 0) is 15.9 Å². The topological polar surface area (TPSA) is 46.2 Å². The maximum Gasteiger partial charge on any atom is 0.232 e. The van der Waals surface area contributed by atoms with Crippen molar-refractivity contribution >= 4 is 27.3 Å². The highest BCUT2D eigenvalue weighted by molar-refractivity contribution is 7.92. The van der Waals surface area contributed by atoms with Gasteiger partial charge in [0.05, 0.1) is 5.75 Å². The number of hydrogen-bond donors (Lipinski definition) is 1. The van der Waals surface area contributed by atoms with E-state index in [2.05, 4.69) is 4.72 Å². The number of hydrogen-bond acceptors (Lipinski definition) is 2. The molecule has 0 unspecified atom stereocenters. The summed E-state index contributed by atoms with van der Waals surface area (Å²) >= 11 is 5.62. The first-order valence-electron chi connectivity index (χ1n) is 4.73. The van der Waals surface area contributed by atoms with Crippen LogP contribution in [0.4, 0.5) is 5.69 Å². The molecule has 15 heavy (non-hydrogen) atoms. The zero-order chi connectivity index (χ0) is 11.3. The molecule has 1 N–H and O–H groups in total. The van der Waals surface area contributed by atoms with Crippen LogP contribution in [0.15, 0.2) is 24.3 Å². The molecular formula is C10H14ClNO2S. The summed E-state index contributed by atoms with van der Waals surface area (Å²) in [7, 11) is -3.19. The minimum absolute atomic E-state index is 0.143. The predicted molar refractivity (Wildman–Crippen MR) is 63.7 cm³/mol. The third kappa shape index (κ3) is 4.10. The Morgan fingerprint density at radius 2 is 1.87 bits per heavy atom. The lowest BCUT2D eigenvalue weighted by Gasteiger charge is -2.06. The number of sulfonamides is 1. The number of halogens is 1. The van der Waals surface area contributed by atoms with Crippen LogP contribution in [0.3, 0.4) is 0 Å². The zero-order valence-corrected chi connectivity index (χ0v) is 10.1. The molecule has 0 bridgehead atoms. The van der Waals surface area contributed by atoms with Crippen molar-refractivity contribution in [3.8, 4) is 0 Å². The van der Waals surface area contributed by atoms with Crippen LogP contribution in [0.2, 0.25) is 0 Å². The van der Waals surface area contributed by atoms with Crippen LogP contribution in [-0.4, -0.2) is 14.2 Å². The molecule has 0 amide bonds. The van der Waals surface area contributed by atoms with Gasteiger partial charge in [-0.15, -0.1) is 11.6 Å². The number of rotatable bonds is 5. The molecule has 0 spiro atoms. The maximum absolute atomic E-state index is 11.4. The third-order valence-electron chi connectivity index (χ3n) is 1.85. The molecule has 0 aliphatic heterocycles. The second-order valence-electron chi connectivity index (χ2n) is 3.25. The number of benzene rings is 1. The molecule has 0 fully saturated rings. The van der Waals surface area contributed by atoms with Gasteiger partial charge in [0, 0.05) is 11.6 Å². The molecule has 0 aliphatic carbocycles. The molecule has 0 heterocycles. The van der Waals surface area contributed by atoms with Gasteiger partial charge in [0.1, 0.15) is 0 Å². The molecule has 5 heteroatoms. The Bertz CT molecular complexity index is 400. The van der Waals surface area contributed by atoms with Gasteiger partial charge in [-0.1, -0.05) is 19.1 Å². The van der Waals surface area contributed by atoms with Gasteiger partial charge >= 0.3 is 0 Å². The van der Waals surface area contributed by atoms with Crippen molar-refractivity contribution in [2.75, 3.05) is 10.5 Å². The molecule has 0 saturated carbocycles. The Morgan fingerprint density at radius 1 is 1.27 bits per heavy atom. The lowest BCUT2D eigenvalue weighted by atomic mass is 10.2. The highest BCUT2D eigenvalue weighted by Gasteiger charge is 2.07. The Kier molecular flexibility index (Phi) is 4.42. The summed E-state index contributed by atoms with van der Waals surface area (Å²) in [5.41, 5.74) is 1.55. The Hall–Kier alpha value is -0.740. The summed E-state index contributed by atoms with van der Waals surface area (Å²) in [5.74, 6) is 0.576. The van der Waals surface area contributed by atoms with Crippen molar-refractivity contribution in [1.82, 2.24) is 0 Å². The summed E-state index contributed by atoms with van der Waals surface area (Å²) < 4.78 is 25.3. The molecule has 0 radical (unpaired) electrons. The smallest absolute Gasteiger partial charge is 0.232 e. The van der Waals surface area contributed by atoms with E-state index >= 15 is 0 Å². The third-order valence-corrected chi connectivity index (χ3v) is 3.66. The SMILES string of the molecule is CCCS(=O)(=O)Nc1ccc(CCl)cc1. The van der Waals surface area contributed by atoms with E-state index in [0.717, 1.165) is 5.56 Å². The van der Waals surface area contributed by atoms with E-state index in [9.17, 15) is 8.42 Å². The minimum atomic E-state index is -3.19. The lowest BCUT2D eigenvalue weighted by Crippen LogP contribution is -2.15. The first kappa shape index (κ1) is 12.3. The molecule has 0 aliphatic rings. The average molecular weight is 248 g/mol. The average Bonchev–Trinajstić information content (AvgIpc) is 2.18. The highest BCUT2D eigenvalue weighted by atomic mass is 35.5. The van der Waals surface area contributed by atoms with Crippen molar-refractivity contribution < 1.29 is 8.42 Å². The van der Waals surface area contributed by atoms with Crippen LogP contribution in [0.5, 0.6) is 0 Å². The molecule has 3 nitrogen and oxygen atoms in total. The van der Waals surface area contributed by atoms with Gasteiger partial charge in [-0.05, 0) is 24.1 Å². The zero-order valence-electron chi connectivity index (χ0n) is 8.53. The first-order valence-corrected chi connectivity index (χ1v) is 6.91. The van der Waals surface area contributed by atoms with Crippen molar-refractivity contribution in [1.29, 1.82) is 0 Å². The fourth-order valence-corrected chi connectivity index (χ4v) is 2.47. The largest absolute Gasteiger partial charge is 0.284 e. The van der Waals surface area contributed by atoms with E-state index in [1.807, 2.05) is 6.92 Å². The molecule has 0 atom stereocenters. The van der Waals surface area contributed by atoms with Gasteiger partial charge in [-0.3, -0.25) is 4.72 Å². The summed E-state index contributed by atoms with van der Waals surface area (Å²) in [6, 6.07) is 7.03. The van der Waals surface area contributed by atoms with Crippen molar-refractivity contribution in [3.05, 3.63) is 29.8 Å². The monoisotopic (exact) mass is 247 g/mol. The molecule has 1 rings (SSSR count). The van der Waals surface area contributed by atoms with Crippen LogP contribution in [0.1, 0.15) is 18.9 Å². The van der Waals surface area contributed by atoms with E-state index in [4.69, 9.17) is 11.6 Å². The van der Waals surface area contributed by atoms with E-state index < -0.39 is 10.0 Å².